The number of carboxylic acids is 1. The molecule has 1 saturated heterocycles. The molecule has 86 valence electrons. The van der Waals surface area contributed by atoms with Crippen LogP contribution in [0.5, 0.6) is 0 Å². The maximum atomic E-state index is 11.4. The molecule has 1 rings (SSSR count). The molecule has 1 fully saturated rings. The van der Waals surface area contributed by atoms with Crippen molar-refractivity contribution in [3.63, 3.8) is 0 Å². The Morgan fingerprint density at radius 1 is 1.73 bits per heavy atom. The number of rotatable bonds is 5. The van der Waals surface area contributed by atoms with Crippen LogP contribution in [-0.2, 0) is 15.6 Å². The number of hydrogen-bond acceptors (Lipinski definition) is 3. The van der Waals surface area contributed by atoms with Gasteiger partial charge in [-0.2, -0.15) is 0 Å². The molecule has 0 aliphatic carbocycles. The second kappa shape index (κ2) is 5.11. The summed E-state index contributed by atoms with van der Waals surface area (Å²) in [5.74, 6) is -0.861. The third-order valence-electron chi connectivity index (χ3n) is 2.25. The summed E-state index contributed by atoms with van der Waals surface area (Å²) < 4.78 is 11.4. The van der Waals surface area contributed by atoms with Crippen LogP contribution in [0.1, 0.15) is 6.92 Å². The highest BCUT2D eigenvalue weighted by Crippen LogP contribution is 2.00. The van der Waals surface area contributed by atoms with Gasteiger partial charge in [-0.15, -0.1) is 0 Å². The Balaban J connectivity index is 2.33. The van der Waals surface area contributed by atoms with Crippen molar-refractivity contribution in [1.29, 1.82) is 0 Å². The summed E-state index contributed by atoms with van der Waals surface area (Å²) >= 11 is 0. The third kappa shape index (κ3) is 3.19. The van der Waals surface area contributed by atoms with Crippen molar-refractivity contribution in [3.8, 4) is 0 Å². The molecule has 1 aliphatic rings. The lowest BCUT2D eigenvalue weighted by Crippen LogP contribution is -2.34. The molecule has 2 atom stereocenters. The fraction of sp³-hybridized carbons (Fsp3) is 0.750. The summed E-state index contributed by atoms with van der Waals surface area (Å²) in [6, 6.07) is -0.171. The second-order valence-corrected chi connectivity index (χ2v) is 5.16. The van der Waals surface area contributed by atoms with E-state index in [1.165, 1.54) is 11.8 Å². The van der Waals surface area contributed by atoms with Gasteiger partial charge in [-0.25, -0.2) is 4.79 Å². The fourth-order valence-electron chi connectivity index (χ4n) is 1.21. The van der Waals surface area contributed by atoms with Gasteiger partial charge in [-0.05, 0) is 6.92 Å². The first-order valence-corrected chi connectivity index (χ1v) is 6.03. The molecule has 1 heterocycles. The molecule has 6 nitrogen and oxygen atoms in total. The standard InChI is InChI=1S/C8H14N2O4S/c1-6(7(11)12)15(14)5-4-10-3-2-9-8(10)13/h6H,2-5H2,1H3,(H,9,13)(H,11,12). The van der Waals surface area contributed by atoms with Crippen LogP contribution >= 0.6 is 0 Å². The largest absolute Gasteiger partial charge is 0.480 e. The molecule has 0 aromatic rings. The summed E-state index contributed by atoms with van der Waals surface area (Å²) in [5, 5.41) is 10.3. The van der Waals surface area contributed by atoms with E-state index < -0.39 is 22.0 Å². The highest BCUT2D eigenvalue weighted by Gasteiger charge is 2.23. The molecule has 1 aliphatic heterocycles. The van der Waals surface area contributed by atoms with E-state index in [0.29, 0.717) is 19.6 Å². The normalized spacial score (nSPS) is 19.8. The summed E-state index contributed by atoms with van der Waals surface area (Å²) in [4.78, 5) is 23.1. The van der Waals surface area contributed by atoms with Gasteiger partial charge in [0, 0.05) is 36.2 Å². The van der Waals surface area contributed by atoms with Gasteiger partial charge in [0.25, 0.3) is 0 Å². The van der Waals surface area contributed by atoms with Crippen molar-refractivity contribution >= 4 is 22.8 Å². The van der Waals surface area contributed by atoms with Gasteiger partial charge in [0.15, 0.2) is 0 Å². The van der Waals surface area contributed by atoms with Crippen LogP contribution in [0.4, 0.5) is 4.79 Å². The molecule has 0 aromatic heterocycles. The Hall–Kier alpha value is -1.11. The number of nitrogens with zero attached hydrogens (tertiary/aromatic N) is 1. The van der Waals surface area contributed by atoms with Crippen LogP contribution < -0.4 is 5.32 Å². The first-order chi connectivity index (χ1) is 7.02. The first-order valence-electron chi connectivity index (χ1n) is 4.65. The molecule has 7 heteroatoms. The van der Waals surface area contributed by atoms with Gasteiger partial charge in [-0.3, -0.25) is 9.00 Å². The molecule has 0 aromatic carbocycles. The van der Waals surface area contributed by atoms with E-state index >= 15 is 0 Å². The van der Waals surface area contributed by atoms with E-state index in [1.807, 2.05) is 0 Å². The van der Waals surface area contributed by atoms with Gasteiger partial charge in [0.05, 0.1) is 0 Å². The number of carbonyl (C=O) groups excluding carboxylic acids is 1. The Morgan fingerprint density at radius 3 is 2.87 bits per heavy atom. The quantitative estimate of drug-likeness (QED) is 0.654. The van der Waals surface area contributed by atoms with Gasteiger partial charge in [0.1, 0.15) is 5.25 Å². The lowest BCUT2D eigenvalue weighted by Gasteiger charge is -2.14. The minimum atomic E-state index is -1.43. The number of hydrogen-bond donors (Lipinski definition) is 2. The SMILES string of the molecule is CC(C(=O)O)S(=O)CCN1CCNC1=O. The molecule has 0 radical (unpaired) electrons. The Bertz CT molecular complexity index is 294. The smallest absolute Gasteiger partial charge is 0.318 e. The lowest BCUT2D eigenvalue weighted by atomic mass is 10.5. The molecular weight excluding hydrogens is 220 g/mol. The van der Waals surface area contributed by atoms with Crippen LogP contribution in [-0.4, -0.2) is 56.9 Å². The number of urea groups is 1. The highest BCUT2D eigenvalue weighted by atomic mass is 32.2. The molecule has 2 unspecified atom stereocenters. The lowest BCUT2D eigenvalue weighted by molar-refractivity contribution is -0.136. The summed E-state index contributed by atoms with van der Waals surface area (Å²) in [5.41, 5.74) is 0. The minimum absolute atomic E-state index is 0.171. The van der Waals surface area contributed by atoms with E-state index in [9.17, 15) is 13.8 Å². The summed E-state index contributed by atoms with van der Waals surface area (Å²) in [7, 11) is -1.43. The summed E-state index contributed by atoms with van der Waals surface area (Å²) in [6.45, 7) is 2.94. The average Bonchev–Trinajstić information content (AvgIpc) is 2.59. The topological polar surface area (TPSA) is 86.7 Å². The maximum Gasteiger partial charge on any atom is 0.318 e. The van der Waals surface area contributed by atoms with Gasteiger partial charge in [0.2, 0.25) is 0 Å². The highest BCUT2D eigenvalue weighted by molar-refractivity contribution is 7.86. The van der Waals surface area contributed by atoms with Gasteiger partial charge in [-0.1, -0.05) is 0 Å². The molecule has 0 bridgehead atoms. The second-order valence-electron chi connectivity index (χ2n) is 3.28. The van der Waals surface area contributed by atoms with Crippen LogP contribution in [0.25, 0.3) is 0 Å². The van der Waals surface area contributed by atoms with E-state index in [-0.39, 0.29) is 11.8 Å². The van der Waals surface area contributed by atoms with Crippen molar-refractivity contribution < 1.29 is 18.9 Å². The first kappa shape index (κ1) is 12.0. The van der Waals surface area contributed by atoms with Gasteiger partial charge >= 0.3 is 12.0 Å². The average molecular weight is 234 g/mol. The Labute approximate surface area is 90.1 Å². The number of aliphatic carboxylic acids is 1. The Morgan fingerprint density at radius 2 is 2.40 bits per heavy atom. The number of nitrogens with one attached hydrogen (secondary N) is 1. The molecule has 2 amide bonds. The summed E-state index contributed by atoms with van der Waals surface area (Å²) in [6.07, 6.45) is 0. The Kier molecular flexibility index (Phi) is 4.07. The number of carbonyl (C=O) groups is 2. The zero-order valence-electron chi connectivity index (χ0n) is 8.43. The van der Waals surface area contributed by atoms with Crippen molar-refractivity contribution in [1.82, 2.24) is 10.2 Å². The third-order valence-corrected chi connectivity index (χ3v) is 3.82. The molecular formula is C8H14N2O4S. The van der Waals surface area contributed by atoms with E-state index in [4.69, 9.17) is 5.11 Å². The van der Waals surface area contributed by atoms with Crippen LogP contribution in [0.2, 0.25) is 0 Å². The molecule has 2 N–H and O–H groups in total. The van der Waals surface area contributed by atoms with Crippen molar-refractivity contribution in [3.05, 3.63) is 0 Å². The van der Waals surface area contributed by atoms with Crippen molar-refractivity contribution in [2.45, 2.75) is 12.2 Å². The van der Waals surface area contributed by atoms with E-state index in [0.717, 1.165) is 0 Å². The number of carboxylic acid groups (broad SMARTS) is 1. The molecule has 15 heavy (non-hydrogen) atoms. The number of amides is 2. The minimum Gasteiger partial charge on any atom is -0.480 e. The zero-order valence-corrected chi connectivity index (χ0v) is 9.25. The van der Waals surface area contributed by atoms with Crippen LogP contribution in [0, 0.1) is 0 Å². The van der Waals surface area contributed by atoms with E-state index in [2.05, 4.69) is 5.32 Å². The van der Waals surface area contributed by atoms with E-state index in [1.54, 1.807) is 0 Å². The van der Waals surface area contributed by atoms with Crippen LogP contribution in [0.3, 0.4) is 0 Å². The maximum absolute atomic E-state index is 11.4. The molecule has 0 saturated carbocycles. The predicted molar refractivity (Wildman–Crippen MR) is 55.1 cm³/mol. The fourth-order valence-corrected chi connectivity index (χ4v) is 2.19. The van der Waals surface area contributed by atoms with Crippen LogP contribution in [0.15, 0.2) is 0 Å². The van der Waals surface area contributed by atoms with Crippen molar-refractivity contribution in [2.24, 2.45) is 0 Å². The predicted octanol–water partition coefficient (Wildman–Crippen LogP) is -0.767. The van der Waals surface area contributed by atoms with Crippen molar-refractivity contribution in [2.75, 3.05) is 25.4 Å². The zero-order chi connectivity index (χ0) is 11.4. The monoisotopic (exact) mass is 234 g/mol. The van der Waals surface area contributed by atoms with Gasteiger partial charge < -0.3 is 15.3 Å². The molecule has 0 spiro atoms.